The van der Waals surface area contributed by atoms with Crippen molar-refractivity contribution in [3.05, 3.63) is 65.5 Å². The van der Waals surface area contributed by atoms with Gasteiger partial charge in [-0.15, -0.1) is 0 Å². The number of fused-ring (bicyclic) bond motifs is 1. The molecule has 94 valence electrons. The van der Waals surface area contributed by atoms with Crippen molar-refractivity contribution in [2.75, 3.05) is 4.90 Å². The van der Waals surface area contributed by atoms with Gasteiger partial charge in [0.2, 0.25) is 0 Å². The molecule has 0 bridgehead atoms. The maximum absolute atomic E-state index is 13.6. The quantitative estimate of drug-likeness (QED) is 0.773. The summed E-state index contributed by atoms with van der Waals surface area (Å²) in [6, 6.07) is 13.6. The first-order valence-corrected chi connectivity index (χ1v) is 5.87. The molecule has 3 nitrogen and oxygen atoms in total. The van der Waals surface area contributed by atoms with E-state index in [2.05, 4.69) is 0 Å². The van der Waals surface area contributed by atoms with Crippen LogP contribution in [0.25, 0.3) is 0 Å². The van der Waals surface area contributed by atoms with Crippen molar-refractivity contribution < 1.29 is 14.0 Å². The van der Waals surface area contributed by atoms with Crippen LogP contribution in [0.1, 0.15) is 15.9 Å². The van der Waals surface area contributed by atoms with Crippen molar-refractivity contribution in [2.24, 2.45) is 0 Å². The molecule has 0 aliphatic carbocycles. The van der Waals surface area contributed by atoms with Crippen LogP contribution in [0.15, 0.2) is 48.5 Å². The molecule has 0 aromatic heterocycles. The molecule has 3 rings (SSSR count). The normalized spacial score (nSPS) is 13.8. The number of Topliss-reactive ketones (excluding diaryl/α,β-unsaturated/α-hetero) is 1. The smallest absolute Gasteiger partial charge is 0.299 e. The molecule has 0 radical (unpaired) electrons. The molecule has 19 heavy (non-hydrogen) atoms. The van der Waals surface area contributed by atoms with E-state index in [4.69, 9.17) is 0 Å². The lowest BCUT2D eigenvalue weighted by atomic mass is 10.1. The molecule has 0 atom stereocenters. The summed E-state index contributed by atoms with van der Waals surface area (Å²) in [6.07, 6.45) is 0. The first kappa shape index (κ1) is 11.6. The predicted molar refractivity (Wildman–Crippen MR) is 68.4 cm³/mol. The topological polar surface area (TPSA) is 37.4 Å². The van der Waals surface area contributed by atoms with Crippen molar-refractivity contribution in [1.82, 2.24) is 0 Å². The van der Waals surface area contributed by atoms with E-state index in [1.165, 1.54) is 17.0 Å². The van der Waals surface area contributed by atoms with Gasteiger partial charge in [0.05, 0.1) is 17.8 Å². The van der Waals surface area contributed by atoms with Crippen molar-refractivity contribution in [3.63, 3.8) is 0 Å². The molecule has 1 aliphatic heterocycles. The Hall–Kier alpha value is -2.49. The molecule has 0 saturated heterocycles. The van der Waals surface area contributed by atoms with Crippen LogP contribution < -0.4 is 4.90 Å². The number of hydrogen-bond donors (Lipinski definition) is 0. The summed E-state index contributed by atoms with van der Waals surface area (Å²) in [4.78, 5) is 25.0. The summed E-state index contributed by atoms with van der Waals surface area (Å²) < 4.78 is 13.6. The largest absolute Gasteiger partial charge is 0.300 e. The van der Waals surface area contributed by atoms with Gasteiger partial charge in [0.15, 0.2) is 0 Å². The van der Waals surface area contributed by atoms with E-state index < -0.39 is 17.5 Å². The molecule has 2 aromatic rings. The lowest BCUT2D eigenvalue weighted by Crippen LogP contribution is -2.29. The van der Waals surface area contributed by atoms with Gasteiger partial charge in [-0.05, 0) is 17.7 Å². The lowest BCUT2D eigenvalue weighted by Gasteiger charge is -2.16. The minimum atomic E-state index is -0.774. The number of hydrogen-bond acceptors (Lipinski definition) is 2. The Morgan fingerprint density at radius 1 is 0.947 bits per heavy atom. The number of halogens is 1. The molecular weight excluding hydrogens is 245 g/mol. The highest BCUT2D eigenvalue weighted by Crippen LogP contribution is 2.31. The Labute approximate surface area is 109 Å². The fraction of sp³-hybridized carbons (Fsp3) is 0.0667. The van der Waals surface area contributed by atoms with Gasteiger partial charge in [0.25, 0.3) is 11.7 Å². The third-order valence-corrected chi connectivity index (χ3v) is 3.13. The summed E-state index contributed by atoms with van der Waals surface area (Å²) in [5, 5.41) is 0. The van der Waals surface area contributed by atoms with Gasteiger partial charge in [0.1, 0.15) is 5.82 Å². The molecule has 0 spiro atoms. The third-order valence-electron chi connectivity index (χ3n) is 3.13. The second-order valence-corrected chi connectivity index (χ2v) is 4.34. The lowest BCUT2D eigenvalue weighted by molar-refractivity contribution is -0.114. The van der Waals surface area contributed by atoms with E-state index in [1.807, 2.05) is 30.3 Å². The van der Waals surface area contributed by atoms with Crippen LogP contribution in [0.2, 0.25) is 0 Å². The Balaban J connectivity index is 2.03. The van der Waals surface area contributed by atoms with Gasteiger partial charge in [0, 0.05) is 0 Å². The van der Waals surface area contributed by atoms with Gasteiger partial charge in [-0.3, -0.25) is 9.59 Å². The predicted octanol–water partition coefficient (Wildman–Crippen LogP) is 2.56. The highest BCUT2D eigenvalue weighted by Gasteiger charge is 2.37. The minimum Gasteiger partial charge on any atom is -0.300 e. The van der Waals surface area contributed by atoms with Crippen LogP contribution in [0.4, 0.5) is 10.1 Å². The van der Waals surface area contributed by atoms with Gasteiger partial charge < -0.3 is 4.90 Å². The van der Waals surface area contributed by atoms with Crippen molar-refractivity contribution in [3.8, 4) is 0 Å². The molecule has 4 heteroatoms. The van der Waals surface area contributed by atoms with Crippen LogP contribution >= 0.6 is 0 Å². The maximum Gasteiger partial charge on any atom is 0.299 e. The van der Waals surface area contributed by atoms with E-state index in [9.17, 15) is 14.0 Å². The number of carbonyl (C=O) groups is 2. The van der Waals surface area contributed by atoms with Gasteiger partial charge in [-0.2, -0.15) is 0 Å². The highest BCUT2D eigenvalue weighted by molar-refractivity contribution is 6.52. The monoisotopic (exact) mass is 255 g/mol. The fourth-order valence-corrected chi connectivity index (χ4v) is 2.22. The molecule has 0 unspecified atom stereocenters. The minimum absolute atomic E-state index is 0.122. The van der Waals surface area contributed by atoms with Crippen LogP contribution in [-0.4, -0.2) is 11.7 Å². The van der Waals surface area contributed by atoms with E-state index in [0.29, 0.717) is 5.69 Å². The number of amides is 1. The molecule has 1 heterocycles. The van der Waals surface area contributed by atoms with E-state index >= 15 is 0 Å². The molecule has 1 amide bonds. The zero-order valence-corrected chi connectivity index (χ0v) is 9.97. The number of anilines is 1. The summed E-state index contributed by atoms with van der Waals surface area (Å²) in [6.45, 7) is 0.266. The first-order valence-electron chi connectivity index (χ1n) is 5.87. The van der Waals surface area contributed by atoms with E-state index in [-0.39, 0.29) is 12.1 Å². The molecule has 0 fully saturated rings. The number of ketones is 1. The summed E-state index contributed by atoms with van der Waals surface area (Å²) in [5.41, 5.74) is 1.11. The van der Waals surface area contributed by atoms with Gasteiger partial charge in [-0.1, -0.05) is 36.4 Å². The van der Waals surface area contributed by atoms with Gasteiger partial charge in [-0.25, -0.2) is 4.39 Å². The molecule has 0 N–H and O–H groups in total. The van der Waals surface area contributed by atoms with Crippen LogP contribution in [0.3, 0.4) is 0 Å². The van der Waals surface area contributed by atoms with E-state index in [1.54, 1.807) is 6.07 Å². The Morgan fingerprint density at radius 3 is 2.42 bits per heavy atom. The SMILES string of the molecule is O=C1C(=O)N(Cc2ccccc2)c2cccc(F)c21. The Morgan fingerprint density at radius 2 is 1.68 bits per heavy atom. The number of nitrogens with zero attached hydrogens (tertiary/aromatic N) is 1. The second kappa shape index (κ2) is 4.31. The average molecular weight is 255 g/mol. The Kier molecular flexibility index (Phi) is 2.63. The first-order chi connectivity index (χ1) is 9.18. The molecule has 1 aliphatic rings. The van der Waals surface area contributed by atoms with Crippen molar-refractivity contribution in [2.45, 2.75) is 6.54 Å². The number of carbonyl (C=O) groups excluding carboxylic acids is 2. The highest BCUT2D eigenvalue weighted by atomic mass is 19.1. The fourth-order valence-electron chi connectivity index (χ4n) is 2.22. The molecule has 2 aromatic carbocycles. The van der Waals surface area contributed by atoms with Crippen molar-refractivity contribution >= 4 is 17.4 Å². The Bertz CT molecular complexity index is 667. The third kappa shape index (κ3) is 1.81. The summed E-state index contributed by atoms with van der Waals surface area (Å²) in [5.74, 6) is -2.10. The summed E-state index contributed by atoms with van der Waals surface area (Å²) >= 11 is 0. The number of rotatable bonds is 2. The molecular formula is C15H10FNO2. The zero-order valence-electron chi connectivity index (χ0n) is 9.97. The maximum atomic E-state index is 13.6. The van der Waals surface area contributed by atoms with Crippen LogP contribution in [0, 0.1) is 5.82 Å². The standard InChI is InChI=1S/C15H10FNO2/c16-11-7-4-8-12-13(11)14(18)15(19)17(12)9-10-5-2-1-3-6-10/h1-8H,9H2. The number of benzene rings is 2. The second-order valence-electron chi connectivity index (χ2n) is 4.34. The zero-order chi connectivity index (χ0) is 13.4. The molecule has 0 saturated carbocycles. The van der Waals surface area contributed by atoms with Crippen LogP contribution in [-0.2, 0) is 11.3 Å². The summed E-state index contributed by atoms with van der Waals surface area (Å²) in [7, 11) is 0. The van der Waals surface area contributed by atoms with Gasteiger partial charge >= 0.3 is 0 Å². The van der Waals surface area contributed by atoms with E-state index in [0.717, 1.165) is 5.56 Å². The average Bonchev–Trinajstić information content (AvgIpc) is 2.66. The van der Waals surface area contributed by atoms with Crippen LogP contribution in [0.5, 0.6) is 0 Å². The van der Waals surface area contributed by atoms with Crippen molar-refractivity contribution in [1.29, 1.82) is 0 Å².